The van der Waals surface area contributed by atoms with E-state index in [-0.39, 0.29) is 0 Å². The summed E-state index contributed by atoms with van der Waals surface area (Å²) in [6, 6.07) is 3.49. The van der Waals surface area contributed by atoms with Crippen molar-refractivity contribution in [3.8, 4) is 0 Å². The van der Waals surface area contributed by atoms with Gasteiger partial charge in [0, 0.05) is 6.20 Å². The van der Waals surface area contributed by atoms with Gasteiger partial charge in [0.25, 0.3) is 0 Å². The van der Waals surface area contributed by atoms with Gasteiger partial charge in [-0.3, -0.25) is 0 Å². The first-order valence-electron chi connectivity index (χ1n) is 4.73. The first-order valence-corrected chi connectivity index (χ1v) is 5.11. The molecule has 0 unspecified atom stereocenters. The van der Waals surface area contributed by atoms with Crippen molar-refractivity contribution in [1.29, 1.82) is 0 Å². The van der Waals surface area contributed by atoms with Gasteiger partial charge in [-0.25, -0.2) is 9.37 Å². The minimum Gasteiger partial charge on any atom is -0.366 e. The van der Waals surface area contributed by atoms with Crippen LogP contribution in [0, 0.1) is 0 Å². The van der Waals surface area contributed by atoms with E-state index in [1.54, 1.807) is 18.3 Å². The number of nitrogens with zero attached hydrogens (tertiary/aromatic N) is 1. The molecule has 14 heavy (non-hydrogen) atoms. The summed E-state index contributed by atoms with van der Waals surface area (Å²) in [5.41, 5.74) is -1.04. The lowest BCUT2D eigenvalue weighted by molar-refractivity contribution is 0.0783. The highest BCUT2D eigenvalue weighted by Gasteiger charge is 2.36. The zero-order chi connectivity index (χ0) is 10.0. The molecule has 0 bridgehead atoms. The van der Waals surface area contributed by atoms with Crippen LogP contribution in [0.1, 0.15) is 19.3 Å². The lowest BCUT2D eigenvalue weighted by atomic mass is 9.82. The molecule has 1 heterocycles. The van der Waals surface area contributed by atoms with Gasteiger partial charge in [-0.05, 0) is 31.4 Å². The molecule has 4 heteroatoms. The van der Waals surface area contributed by atoms with E-state index in [0.29, 0.717) is 30.2 Å². The van der Waals surface area contributed by atoms with Gasteiger partial charge in [0.15, 0.2) is 0 Å². The Balaban J connectivity index is 1.95. The maximum Gasteiger partial charge on any atom is 0.144 e. The highest BCUT2D eigenvalue weighted by atomic mass is 35.5. The number of anilines is 1. The Morgan fingerprint density at radius 3 is 2.93 bits per heavy atom. The molecule has 0 radical (unpaired) electrons. The molecule has 2 rings (SSSR count). The van der Waals surface area contributed by atoms with E-state index in [4.69, 9.17) is 11.6 Å². The molecule has 1 aromatic rings. The second-order valence-electron chi connectivity index (χ2n) is 3.69. The summed E-state index contributed by atoms with van der Waals surface area (Å²) in [7, 11) is 0. The maximum absolute atomic E-state index is 13.6. The number of halogens is 2. The molecule has 0 aliphatic heterocycles. The van der Waals surface area contributed by atoms with Gasteiger partial charge in [0.2, 0.25) is 0 Å². The molecule has 76 valence electrons. The van der Waals surface area contributed by atoms with E-state index in [0.717, 1.165) is 6.42 Å². The Kier molecular flexibility index (Phi) is 2.59. The fraction of sp³-hybridized carbons (Fsp3) is 0.500. The quantitative estimate of drug-likeness (QED) is 0.837. The predicted octanol–water partition coefficient (Wildman–Crippen LogP) is 3.04. The fourth-order valence-corrected chi connectivity index (χ4v) is 1.68. The third kappa shape index (κ3) is 1.98. The molecule has 1 aromatic heterocycles. The summed E-state index contributed by atoms with van der Waals surface area (Å²) >= 11 is 5.87. The standard InChI is InChI=1S/C10H12ClFN2/c11-8-3-1-6-13-9(8)14-7-10(12)4-2-5-10/h1,3,6H,2,4-5,7H2,(H,13,14). The van der Waals surface area contributed by atoms with Gasteiger partial charge in [-0.2, -0.15) is 0 Å². The van der Waals surface area contributed by atoms with Crippen LogP contribution >= 0.6 is 11.6 Å². The maximum atomic E-state index is 13.6. The van der Waals surface area contributed by atoms with Crippen LogP contribution < -0.4 is 5.32 Å². The van der Waals surface area contributed by atoms with Crippen LogP contribution in [0.3, 0.4) is 0 Å². The number of aromatic nitrogens is 1. The Bertz CT molecular complexity index is 326. The highest BCUT2D eigenvalue weighted by Crippen LogP contribution is 2.36. The highest BCUT2D eigenvalue weighted by molar-refractivity contribution is 6.32. The van der Waals surface area contributed by atoms with Gasteiger partial charge in [-0.1, -0.05) is 11.6 Å². The van der Waals surface area contributed by atoms with Crippen LogP contribution in [-0.2, 0) is 0 Å². The van der Waals surface area contributed by atoms with Crippen molar-refractivity contribution in [1.82, 2.24) is 4.98 Å². The summed E-state index contributed by atoms with van der Waals surface area (Å²) in [4.78, 5) is 4.03. The third-order valence-electron chi connectivity index (χ3n) is 2.58. The van der Waals surface area contributed by atoms with Crippen molar-refractivity contribution in [2.75, 3.05) is 11.9 Å². The first kappa shape index (κ1) is 9.71. The lowest BCUT2D eigenvalue weighted by Crippen LogP contribution is -2.39. The summed E-state index contributed by atoms with van der Waals surface area (Å²) in [5.74, 6) is 0.568. The molecule has 1 aliphatic carbocycles. The van der Waals surface area contributed by atoms with Crippen molar-refractivity contribution in [2.45, 2.75) is 24.9 Å². The molecule has 1 aliphatic rings. The van der Waals surface area contributed by atoms with Crippen LogP contribution in [-0.4, -0.2) is 17.2 Å². The van der Waals surface area contributed by atoms with Gasteiger partial charge < -0.3 is 5.32 Å². The number of alkyl halides is 1. The molecule has 2 nitrogen and oxygen atoms in total. The Morgan fingerprint density at radius 2 is 2.36 bits per heavy atom. The molecular formula is C10H12ClFN2. The second kappa shape index (κ2) is 3.73. The molecule has 0 saturated heterocycles. The van der Waals surface area contributed by atoms with Gasteiger partial charge in [0.05, 0.1) is 11.6 Å². The molecule has 1 N–H and O–H groups in total. The van der Waals surface area contributed by atoms with Crippen LogP contribution in [0.5, 0.6) is 0 Å². The number of hydrogen-bond acceptors (Lipinski definition) is 2. The van der Waals surface area contributed by atoms with Crippen LogP contribution in [0.4, 0.5) is 10.2 Å². The molecule has 0 amide bonds. The molecule has 0 spiro atoms. The second-order valence-corrected chi connectivity index (χ2v) is 4.10. The summed E-state index contributed by atoms with van der Waals surface area (Å²) in [6.45, 7) is 0.309. The van der Waals surface area contributed by atoms with Gasteiger partial charge >= 0.3 is 0 Å². The summed E-state index contributed by atoms with van der Waals surface area (Å²) in [6.07, 6.45) is 3.91. The van der Waals surface area contributed by atoms with Crippen molar-refractivity contribution in [3.63, 3.8) is 0 Å². The molecule has 1 saturated carbocycles. The predicted molar refractivity (Wildman–Crippen MR) is 55.4 cm³/mol. The minimum absolute atomic E-state index is 0.309. The largest absolute Gasteiger partial charge is 0.366 e. The number of hydrogen-bond donors (Lipinski definition) is 1. The third-order valence-corrected chi connectivity index (χ3v) is 2.89. The van der Waals surface area contributed by atoms with Crippen LogP contribution in [0.15, 0.2) is 18.3 Å². The smallest absolute Gasteiger partial charge is 0.144 e. The van der Waals surface area contributed by atoms with Crippen molar-refractivity contribution in [2.24, 2.45) is 0 Å². The monoisotopic (exact) mass is 214 g/mol. The summed E-state index contributed by atoms with van der Waals surface area (Å²) in [5, 5.41) is 3.47. The van der Waals surface area contributed by atoms with E-state index in [9.17, 15) is 4.39 Å². The van der Waals surface area contributed by atoms with E-state index in [2.05, 4.69) is 10.3 Å². The van der Waals surface area contributed by atoms with Crippen molar-refractivity contribution in [3.05, 3.63) is 23.4 Å². The topological polar surface area (TPSA) is 24.9 Å². The Hall–Kier alpha value is -0.830. The van der Waals surface area contributed by atoms with E-state index in [1.807, 2.05) is 0 Å². The van der Waals surface area contributed by atoms with E-state index >= 15 is 0 Å². The van der Waals surface area contributed by atoms with Crippen molar-refractivity contribution >= 4 is 17.4 Å². The Morgan fingerprint density at radius 1 is 1.57 bits per heavy atom. The lowest BCUT2D eigenvalue weighted by Gasteiger charge is -2.33. The molecule has 0 atom stereocenters. The molecule has 0 aromatic carbocycles. The average Bonchev–Trinajstić information content (AvgIpc) is 2.14. The fourth-order valence-electron chi connectivity index (χ4n) is 1.50. The normalized spacial score (nSPS) is 18.7. The van der Waals surface area contributed by atoms with E-state index in [1.165, 1.54) is 0 Å². The molecular weight excluding hydrogens is 203 g/mol. The van der Waals surface area contributed by atoms with Crippen LogP contribution in [0.2, 0.25) is 5.02 Å². The molecule has 1 fully saturated rings. The Labute approximate surface area is 87.5 Å². The minimum atomic E-state index is -1.04. The van der Waals surface area contributed by atoms with Crippen molar-refractivity contribution < 1.29 is 4.39 Å². The average molecular weight is 215 g/mol. The zero-order valence-electron chi connectivity index (χ0n) is 7.76. The number of nitrogens with one attached hydrogen (secondary N) is 1. The van der Waals surface area contributed by atoms with Gasteiger partial charge in [0.1, 0.15) is 11.5 Å². The number of pyridine rings is 1. The van der Waals surface area contributed by atoms with Gasteiger partial charge in [-0.15, -0.1) is 0 Å². The SMILES string of the molecule is FC1(CNc2ncccc2Cl)CCC1. The van der Waals surface area contributed by atoms with Crippen LogP contribution in [0.25, 0.3) is 0 Å². The first-order chi connectivity index (χ1) is 6.70. The number of rotatable bonds is 3. The van der Waals surface area contributed by atoms with E-state index < -0.39 is 5.67 Å². The summed E-state index contributed by atoms with van der Waals surface area (Å²) < 4.78 is 13.6. The zero-order valence-corrected chi connectivity index (χ0v) is 8.52.